The van der Waals surface area contributed by atoms with Crippen LogP contribution in [-0.4, -0.2) is 16.8 Å². The minimum atomic E-state index is -0.348. The van der Waals surface area contributed by atoms with E-state index in [1.54, 1.807) is 37.3 Å². The van der Waals surface area contributed by atoms with E-state index in [9.17, 15) is 14.0 Å². The van der Waals surface area contributed by atoms with Gasteiger partial charge in [0.1, 0.15) is 11.5 Å². The Hall–Kier alpha value is -3.15. The molecule has 1 aromatic heterocycles. The van der Waals surface area contributed by atoms with E-state index in [4.69, 9.17) is 0 Å². The highest BCUT2D eigenvalue weighted by atomic mass is 19.1. The number of hydrogen-bond acceptors (Lipinski definition) is 2. The van der Waals surface area contributed by atoms with Crippen molar-refractivity contribution in [1.29, 1.82) is 0 Å². The number of anilines is 2. The summed E-state index contributed by atoms with van der Waals surface area (Å²) < 4.78 is 13.5. The Morgan fingerprint density at radius 2 is 1.81 bits per heavy atom. The Bertz CT molecular complexity index is 978. The molecule has 0 atom stereocenters. The van der Waals surface area contributed by atoms with Gasteiger partial charge >= 0.3 is 0 Å². The zero-order valence-corrected chi connectivity index (χ0v) is 14.7. The summed E-state index contributed by atoms with van der Waals surface area (Å²) in [7, 11) is 0. The minimum Gasteiger partial charge on any atom is -0.350 e. The van der Waals surface area contributed by atoms with E-state index in [0.717, 1.165) is 17.4 Å². The molecule has 0 bridgehead atoms. The number of benzene rings is 2. The molecular formula is C20H20FN3O2. The molecule has 5 nitrogen and oxygen atoms in total. The van der Waals surface area contributed by atoms with Gasteiger partial charge in [0, 0.05) is 28.7 Å². The molecule has 0 fully saturated rings. The highest BCUT2D eigenvalue weighted by molar-refractivity contribution is 6.06. The molecule has 6 heteroatoms. The van der Waals surface area contributed by atoms with Crippen LogP contribution >= 0.6 is 0 Å². The highest BCUT2D eigenvalue weighted by Crippen LogP contribution is 2.22. The Balaban J connectivity index is 1.78. The maximum absolute atomic E-state index is 13.5. The fourth-order valence-corrected chi connectivity index (χ4v) is 2.82. The van der Waals surface area contributed by atoms with Gasteiger partial charge in [-0.25, -0.2) is 4.39 Å². The molecule has 0 saturated carbocycles. The Labute approximate surface area is 150 Å². The molecule has 0 radical (unpaired) electrons. The predicted octanol–water partition coefficient (Wildman–Crippen LogP) is 4.61. The number of carbonyl (C=O) groups is 2. The first-order chi connectivity index (χ1) is 12.5. The average molecular weight is 353 g/mol. The van der Waals surface area contributed by atoms with Gasteiger partial charge < -0.3 is 15.6 Å². The molecule has 2 aromatic carbocycles. The predicted molar refractivity (Wildman–Crippen MR) is 101 cm³/mol. The van der Waals surface area contributed by atoms with Crippen molar-refractivity contribution >= 4 is 34.1 Å². The van der Waals surface area contributed by atoms with E-state index in [0.29, 0.717) is 29.0 Å². The number of aryl methyl sites for hydroxylation is 1. The molecule has 0 aliphatic rings. The SMILES string of the molecule is CCCC(=O)Nc1cccc(NC(=O)c2cc3c(C)cc(F)cc3[nH]2)c1. The van der Waals surface area contributed by atoms with Crippen LogP contribution in [0.5, 0.6) is 0 Å². The van der Waals surface area contributed by atoms with Crippen molar-refractivity contribution in [3.05, 3.63) is 59.5 Å². The van der Waals surface area contributed by atoms with Gasteiger partial charge in [-0.1, -0.05) is 13.0 Å². The maximum atomic E-state index is 13.5. The molecular weight excluding hydrogens is 333 g/mol. The van der Waals surface area contributed by atoms with Gasteiger partial charge in [0.15, 0.2) is 0 Å². The molecule has 3 N–H and O–H groups in total. The second-order valence-corrected chi connectivity index (χ2v) is 6.20. The minimum absolute atomic E-state index is 0.0657. The number of H-pyrrole nitrogens is 1. The monoisotopic (exact) mass is 353 g/mol. The summed E-state index contributed by atoms with van der Waals surface area (Å²) in [5.74, 6) is -0.749. The van der Waals surface area contributed by atoms with Crippen LogP contribution in [0.3, 0.4) is 0 Å². The molecule has 0 saturated heterocycles. The van der Waals surface area contributed by atoms with Crippen molar-refractivity contribution in [2.45, 2.75) is 26.7 Å². The second kappa shape index (κ2) is 7.39. The van der Waals surface area contributed by atoms with Crippen molar-refractivity contribution in [1.82, 2.24) is 4.98 Å². The molecule has 134 valence electrons. The van der Waals surface area contributed by atoms with Crippen molar-refractivity contribution < 1.29 is 14.0 Å². The molecule has 26 heavy (non-hydrogen) atoms. The number of amides is 2. The molecule has 0 unspecified atom stereocenters. The quantitative estimate of drug-likeness (QED) is 0.627. The first-order valence-corrected chi connectivity index (χ1v) is 8.46. The number of hydrogen-bond donors (Lipinski definition) is 3. The molecule has 2 amide bonds. The zero-order valence-electron chi connectivity index (χ0n) is 14.7. The first-order valence-electron chi connectivity index (χ1n) is 8.46. The molecule has 1 heterocycles. The fourth-order valence-electron chi connectivity index (χ4n) is 2.82. The van der Waals surface area contributed by atoms with Crippen molar-refractivity contribution in [3.63, 3.8) is 0 Å². The van der Waals surface area contributed by atoms with Gasteiger partial charge in [0.05, 0.1) is 0 Å². The lowest BCUT2D eigenvalue weighted by molar-refractivity contribution is -0.116. The molecule has 0 aliphatic heterocycles. The Morgan fingerprint density at radius 1 is 1.08 bits per heavy atom. The lowest BCUT2D eigenvalue weighted by Gasteiger charge is -2.08. The summed E-state index contributed by atoms with van der Waals surface area (Å²) in [5, 5.41) is 6.38. The van der Waals surface area contributed by atoms with Crippen molar-refractivity contribution in [2.24, 2.45) is 0 Å². The summed E-state index contributed by atoms with van der Waals surface area (Å²) in [6, 6.07) is 11.4. The van der Waals surface area contributed by atoms with Crippen LogP contribution in [0, 0.1) is 12.7 Å². The van der Waals surface area contributed by atoms with E-state index < -0.39 is 0 Å². The summed E-state index contributed by atoms with van der Waals surface area (Å²) >= 11 is 0. The first kappa shape index (κ1) is 17.7. The van der Waals surface area contributed by atoms with Crippen LogP contribution in [0.15, 0.2) is 42.5 Å². The van der Waals surface area contributed by atoms with Crippen LogP contribution in [0.1, 0.15) is 35.8 Å². The Kier molecular flexibility index (Phi) is 5.02. The third kappa shape index (κ3) is 3.91. The molecule has 0 spiro atoms. The summed E-state index contributed by atoms with van der Waals surface area (Å²) in [4.78, 5) is 27.1. The smallest absolute Gasteiger partial charge is 0.272 e. The van der Waals surface area contributed by atoms with Gasteiger partial charge in [-0.05, 0) is 55.3 Å². The van der Waals surface area contributed by atoms with Crippen molar-refractivity contribution in [3.8, 4) is 0 Å². The number of rotatable bonds is 5. The normalized spacial score (nSPS) is 10.7. The number of nitrogens with one attached hydrogen (secondary N) is 3. The van der Waals surface area contributed by atoms with E-state index in [1.807, 2.05) is 6.92 Å². The van der Waals surface area contributed by atoms with Gasteiger partial charge in [-0.3, -0.25) is 9.59 Å². The summed E-state index contributed by atoms with van der Waals surface area (Å²) in [6.07, 6.45) is 1.21. The van der Waals surface area contributed by atoms with Crippen LogP contribution in [0.25, 0.3) is 10.9 Å². The summed E-state index contributed by atoms with van der Waals surface area (Å²) in [6.45, 7) is 3.73. The summed E-state index contributed by atoms with van der Waals surface area (Å²) in [5.41, 5.74) is 2.86. The second-order valence-electron chi connectivity index (χ2n) is 6.20. The lowest BCUT2D eigenvalue weighted by Crippen LogP contribution is -2.13. The number of carbonyl (C=O) groups excluding carboxylic acids is 2. The fraction of sp³-hybridized carbons (Fsp3) is 0.200. The third-order valence-corrected chi connectivity index (χ3v) is 4.04. The zero-order chi connectivity index (χ0) is 18.7. The topological polar surface area (TPSA) is 74.0 Å². The number of halogens is 1. The van der Waals surface area contributed by atoms with Crippen LogP contribution < -0.4 is 10.6 Å². The third-order valence-electron chi connectivity index (χ3n) is 4.04. The highest BCUT2D eigenvalue weighted by Gasteiger charge is 2.12. The van der Waals surface area contributed by atoms with E-state index in [2.05, 4.69) is 15.6 Å². The largest absolute Gasteiger partial charge is 0.350 e. The van der Waals surface area contributed by atoms with Gasteiger partial charge in [-0.15, -0.1) is 0 Å². The van der Waals surface area contributed by atoms with Crippen LogP contribution in [0.4, 0.5) is 15.8 Å². The molecule has 3 rings (SSSR count). The molecule has 0 aliphatic carbocycles. The standard InChI is InChI=1S/C20H20FN3O2/c1-3-5-19(25)22-14-6-4-7-15(10-14)23-20(26)18-11-16-12(2)8-13(21)9-17(16)24-18/h4,6-11,24H,3,5H2,1-2H3,(H,22,25)(H,23,26). The number of aromatic amines is 1. The molecule has 3 aromatic rings. The van der Waals surface area contributed by atoms with Crippen molar-refractivity contribution in [2.75, 3.05) is 10.6 Å². The van der Waals surface area contributed by atoms with Gasteiger partial charge in [0.2, 0.25) is 5.91 Å². The Morgan fingerprint density at radius 3 is 2.54 bits per heavy atom. The maximum Gasteiger partial charge on any atom is 0.272 e. The lowest BCUT2D eigenvalue weighted by atomic mass is 10.1. The van der Waals surface area contributed by atoms with E-state index in [-0.39, 0.29) is 17.6 Å². The van der Waals surface area contributed by atoms with Gasteiger partial charge in [-0.2, -0.15) is 0 Å². The average Bonchev–Trinajstić information content (AvgIpc) is 3.00. The van der Waals surface area contributed by atoms with Crippen LogP contribution in [-0.2, 0) is 4.79 Å². The van der Waals surface area contributed by atoms with Crippen LogP contribution in [0.2, 0.25) is 0 Å². The van der Waals surface area contributed by atoms with E-state index in [1.165, 1.54) is 12.1 Å². The number of fused-ring (bicyclic) bond motifs is 1. The van der Waals surface area contributed by atoms with E-state index >= 15 is 0 Å². The number of aromatic nitrogens is 1. The van der Waals surface area contributed by atoms with Gasteiger partial charge in [0.25, 0.3) is 5.91 Å².